The fraction of sp³-hybridized carbons (Fsp3) is 0.367. The number of ether oxygens (including phenoxy) is 2. The summed E-state index contributed by atoms with van der Waals surface area (Å²) in [4.78, 5) is 12.3. The highest BCUT2D eigenvalue weighted by atomic mass is 16.5. The molecule has 0 bridgehead atoms. The maximum atomic E-state index is 12.3. The van der Waals surface area contributed by atoms with Crippen molar-refractivity contribution in [2.75, 3.05) is 6.61 Å². The molecule has 3 nitrogen and oxygen atoms in total. The van der Waals surface area contributed by atoms with Crippen molar-refractivity contribution in [1.29, 1.82) is 0 Å². The van der Waals surface area contributed by atoms with Gasteiger partial charge in [0.1, 0.15) is 6.61 Å². The summed E-state index contributed by atoms with van der Waals surface area (Å²) in [7, 11) is 0. The lowest BCUT2D eigenvalue weighted by Gasteiger charge is -2.14. The van der Waals surface area contributed by atoms with Crippen molar-refractivity contribution in [3.8, 4) is 11.1 Å². The number of carbonyl (C=O) groups excluding carboxylic acids is 1. The van der Waals surface area contributed by atoms with Crippen LogP contribution in [0.2, 0.25) is 0 Å². The van der Waals surface area contributed by atoms with E-state index in [4.69, 9.17) is 9.47 Å². The zero-order chi connectivity index (χ0) is 23.3. The molecule has 0 fully saturated rings. The van der Waals surface area contributed by atoms with Gasteiger partial charge in [-0.05, 0) is 47.7 Å². The molecule has 0 aromatic heterocycles. The van der Waals surface area contributed by atoms with Crippen molar-refractivity contribution < 1.29 is 14.3 Å². The third-order valence-corrected chi connectivity index (χ3v) is 5.91. The van der Waals surface area contributed by atoms with Crippen LogP contribution in [-0.2, 0) is 16.1 Å². The van der Waals surface area contributed by atoms with E-state index in [1.54, 1.807) is 0 Å². The molecule has 0 aliphatic heterocycles. The van der Waals surface area contributed by atoms with Crippen molar-refractivity contribution in [2.45, 2.75) is 65.1 Å². The van der Waals surface area contributed by atoms with Crippen LogP contribution in [0.4, 0.5) is 0 Å². The second-order valence-electron chi connectivity index (χ2n) is 8.54. The minimum Gasteiger partial charge on any atom is -0.457 e. The second kappa shape index (κ2) is 13.6. The Bertz CT molecular complexity index is 946. The molecule has 33 heavy (non-hydrogen) atoms. The molecule has 3 aromatic carbocycles. The predicted octanol–water partition coefficient (Wildman–Crippen LogP) is 8.15. The van der Waals surface area contributed by atoms with Crippen LogP contribution in [-0.4, -0.2) is 12.6 Å². The summed E-state index contributed by atoms with van der Waals surface area (Å²) >= 11 is 0. The largest absolute Gasteiger partial charge is 0.457 e. The number of carbonyl (C=O) groups is 1. The van der Waals surface area contributed by atoms with Crippen LogP contribution in [0.3, 0.4) is 0 Å². The summed E-state index contributed by atoms with van der Waals surface area (Å²) in [5.41, 5.74) is 4.91. The Labute approximate surface area is 198 Å². The topological polar surface area (TPSA) is 35.5 Å². The van der Waals surface area contributed by atoms with E-state index in [-0.39, 0.29) is 18.7 Å². The molecule has 3 heteroatoms. The first-order chi connectivity index (χ1) is 16.2. The van der Waals surface area contributed by atoms with E-state index >= 15 is 0 Å². The van der Waals surface area contributed by atoms with Crippen LogP contribution < -0.4 is 0 Å². The van der Waals surface area contributed by atoms with E-state index in [1.165, 1.54) is 37.7 Å². The maximum Gasteiger partial charge on any atom is 0.338 e. The van der Waals surface area contributed by atoms with Crippen LogP contribution in [0, 0.1) is 0 Å². The molecule has 0 aliphatic rings. The monoisotopic (exact) mass is 444 g/mol. The van der Waals surface area contributed by atoms with Crippen molar-refractivity contribution >= 4 is 5.97 Å². The van der Waals surface area contributed by atoms with E-state index < -0.39 is 0 Å². The Morgan fingerprint density at radius 2 is 1.36 bits per heavy atom. The van der Waals surface area contributed by atoms with Crippen molar-refractivity contribution in [3.63, 3.8) is 0 Å². The maximum absolute atomic E-state index is 12.3. The summed E-state index contributed by atoms with van der Waals surface area (Å²) < 4.78 is 11.4. The van der Waals surface area contributed by atoms with E-state index in [1.807, 2.05) is 54.6 Å². The van der Waals surface area contributed by atoms with Gasteiger partial charge in [0.2, 0.25) is 0 Å². The van der Waals surface area contributed by atoms with Gasteiger partial charge in [-0.2, -0.15) is 0 Å². The van der Waals surface area contributed by atoms with E-state index in [9.17, 15) is 4.79 Å². The van der Waals surface area contributed by atoms with Gasteiger partial charge in [-0.25, -0.2) is 4.79 Å². The average molecular weight is 445 g/mol. The zero-order valence-electron chi connectivity index (χ0n) is 20.0. The lowest BCUT2D eigenvalue weighted by molar-refractivity contribution is 0.0472. The van der Waals surface area contributed by atoms with Gasteiger partial charge in [0, 0.05) is 6.61 Å². The third-order valence-electron chi connectivity index (χ3n) is 5.91. The Hall–Kier alpha value is -2.91. The highest BCUT2D eigenvalue weighted by Gasteiger charge is 2.09. The van der Waals surface area contributed by atoms with Crippen LogP contribution in [0.25, 0.3) is 11.1 Å². The molecule has 0 heterocycles. The van der Waals surface area contributed by atoms with Gasteiger partial charge in [0.05, 0.1) is 11.7 Å². The molecular weight excluding hydrogens is 408 g/mol. The van der Waals surface area contributed by atoms with Gasteiger partial charge in [-0.15, -0.1) is 0 Å². The fourth-order valence-electron chi connectivity index (χ4n) is 3.79. The fourth-order valence-corrected chi connectivity index (χ4v) is 3.79. The summed E-state index contributed by atoms with van der Waals surface area (Å²) in [6.45, 7) is 5.45. The first kappa shape index (κ1) is 24.7. The quantitative estimate of drug-likeness (QED) is 0.197. The number of unbranched alkanes of at least 4 members (excludes halogenated alkanes) is 5. The minimum absolute atomic E-state index is 0.0939. The standard InChI is InChI=1S/C30H36O3/c1-3-4-5-6-7-11-22-32-24(2)26-14-16-27(17-15-26)28-18-20-29(21-19-28)30(31)33-23-25-12-9-8-10-13-25/h8-10,12-21,24H,3-7,11,22-23H2,1-2H3. The summed E-state index contributed by atoms with van der Waals surface area (Å²) in [6, 6.07) is 25.8. The molecule has 0 spiro atoms. The Kier molecular flexibility index (Phi) is 10.2. The second-order valence-corrected chi connectivity index (χ2v) is 8.54. The van der Waals surface area contributed by atoms with E-state index in [0.29, 0.717) is 5.56 Å². The zero-order valence-corrected chi connectivity index (χ0v) is 20.0. The molecular formula is C30H36O3. The van der Waals surface area contributed by atoms with E-state index in [0.717, 1.165) is 29.7 Å². The summed E-state index contributed by atoms with van der Waals surface area (Å²) in [5, 5.41) is 0. The number of hydrogen-bond donors (Lipinski definition) is 0. The molecule has 0 saturated heterocycles. The van der Waals surface area contributed by atoms with Crippen LogP contribution in [0.5, 0.6) is 0 Å². The van der Waals surface area contributed by atoms with Gasteiger partial charge in [-0.3, -0.25) is 0 Å². The number of esters is 1. The molecule has 0 radical (unpaired) electrons. The number of rotatable bonds is 13. The summed E-state index contributed by atoms with van der Waals surface area (Å²) in [5.74, 6) is -0.308. The molecule has 174 valence electrons. The normalized spacial score (nSPS) is 11.8. The number of benzene rings is 3. The van der Waals surface area contributed by atoms with Crippen molar-refractivity contribution in [3.05, 3.63) is 95.6 Å². The Morgan fingerprint density at radius 1 is 0.758 bits per heavy atom. The molecule has 0 amide bonds. The van der Waals surface area contributed by atoms with Gasteiger partial charge in [0.25, 0.3) is 0 Å². The highest BCUT2D eigenvalue weighted by Crippen LogP contribution is 2.24. The minimum atomic E-state index is -0.308. The van der Waals surface area contributed by atoms with Crippen LogP contribution >= 0.6 is 0 Å². The smallest absolute Gasteiger partial charge is 0.338 e. The SMILES string of the molecule is CCCCCCCCOC(C)c1ccc(-c2ccc(C(=O)OCc3ccccc3)cc2)cc1. The van der Waals surface area contributed by atoms with Gasteiger partial charge in [-0.1, -0.05) is 106 Å². The van der Waals surface area contributed by atoms with Crippen molar-refractivity contribution in [2.24, 2.45) is 0 Å². The molecule has 1 unspecified atom stereocenters. The van der Waals surface area contributed by atoms with Crippen LogP contribution in [0.15, 0.2) is 78.9 Å². The first-order valence-electron chi connectivity index (χ1n) is 12.2. The summed E-state index contributed by atoms with van der Waals surface area (Å²) in [6.07, 6.45) is 7.75. The molecule has 0 saturated carbocycles. The van der Waals surface area contributed by atoms with Crippen molar-refractivity contribution in [1.82, 2.24) is 0 Å². The number of hydrogen-bond acceptors (Lipinski definition) is 3. The molecule has 3 rings (SSSR count). The lowest BCUT2D eigenvalue weighted by Crippen LogP contribution is -2.05. The molecule has 3 aromatic rings. The Balaban J connectivity index is 1.46. The lowest BCUT2D eigenvalue weighted by atomic mass is 10.0. The van der Waals surface area contributed by atoms with E-state index in [2.05, 4.69) is 38.1 Å². The molecule has 0 N–H and O–H groups in total. The van der Waals surface area contributed by atoms with Gasteiger partial charge in [0.15, 0.2) is 0 Å². The Morgan fingerprint density at radius 3 is 2.03 bits per heavy atom. The molecule has 1 atom stereocenters. The highest BCUT2D eigenvalue weighted by molar-refractivity contribution is 5.90. The van der Waals surface area contributed by atoms with Crippen LogP contribution in [0.1, 0.15) is 80.0 Å². The third kappa shape index (κ3) is 8.18. The average Bonchev–Trinajstić information content (AvgIpc) is 2.87. The molecule has 0 aliphatic carbocycles. The first-order valence-corrected chi connectivity index (χ1v) is 12.2. The van der Waals surface area contributed by atoms with Gasteiger partial charge < -0.3 is 9.47 Å². The predicted molar refractivity (Wildman–Crippen MR) is 135 cm³/mol. The van der Waals surface area contributed by atoms with Gasteiger partial charge >= 0.3 is 5.97 Å².